The van der Waals surface area contributed by atoms with E-state index in [1.165, 1.54) is 6.92 Å². The lowest BCUT2D eigenvalue weighted by atomic mass is 10.1. The third kappa shape index (κ3) is 5.08. The Bertz CT molecular complexity index is 552. The zero-order chi connectivity index (χ0) is 19.8. The Morgan fingerprint density at radius 2 is 1.72 bits per heavy atom. The largest absolute Gasteiger partial charge is 0.480 e. The van der Waals surface area contributed by atoms with Gasteiger partial charge in [0.25, 0.3) is 5.06 Å². The summed E-state index contributed by atoms with van der Waals surface area (Å²) in [7, 11) is 0. The van der Waals surface area contributed by atoms with Crippen molar-refractivity contribution in [3.63, 3.8) is 0 Å². The van der Waals surface area contributed by atoms with Gasteiger partial charge in [0.1, 0.15) is 11.6 Å². The summed E-state index contributed by atoms with van der Waals surface area (Å²) in [6.07, 6.45) is -0.928. The van der Waals surface area contributed by atoms with Crippen LogP contribution in [-0.4, -0.2) is 61.9 Å². The van der Waals surface area contributed by atoms with Gasteiger partial charge in [-0.25, -0.2) is 14.5 Å². The predicted molar refractivity (Wildman–Crippen MR) is 94.2 cm³/mol. The topological polar surface area (TPSA) is 119 Å². The summed E-state index contributed by atoms with van der Waals surface area (Å²) in [6.45, 7) is 11.6. The molecule has 0 aromatic rings. The summed E-state index contributed by atoms with van der Waals surface area (Å²) in [5.74, 6) is -1.83. The quantitative estimate of drug-likeness (QED) is 0.762. The van der Waals surface area contributed by atoms with Gasteiger partial charge in [-0.2, -0.15) is 0 Å². The number of nitrogens with two attached hydrogens (primary N) is 1. The highest BCUT2D eigenvalue weighted by atomic mass is 32.2. The van der Waals surface area contributed by atoms with Crippen LogP contribution >= 0.6 is 11.8 Å². The first-order valence-electron chi connectivity index (χ1n) is 8.00. The summed E-state index contributed by atoms with van der Waals surface area (Å²) in [4.78, 5) is 38.2. The zero-order valence-electron chi connectivity index (χ0n) is 15.8. The molecule has 1 fully saturated rings. The molecule has 2 unspecified atom stereocenters. The lowest BCUT2D eigenvalue weighted by molar-refractivity contribution is -0.179. The second-order valence-electron chi connectivity index (χ2n) is 7.96. The summed E-state index contributed by atoms with van der Waals surface area (Å²) < 4.78 is 11.3. The van der Waals surface area contributed by atoms with Gasteiger partial charge >= 0.3 is 12.1 Å². The Morgan fingerprint density at radius 1 is 1.20 bits per heavy atom. The highest BCUT2D eigenvalue weighted by Gasteiger charge is 2.61. The minimum absolute atomic E-state index is 0.0108. The summed E-state index contributed by atoms with van der Waals surface area (Å²) in [6, 6.07) is -2.21. The molecular weight excluding hydrogens is 348 g/mol. The minimum atomic E-state index is -1.85. The lowest BCUT2D eigenvalue weighted by Crippen LogP contribution is -2.63. The standard InChI is InChI=1S/C16H28N2O6S/c1-9(17)11(19)16(24-15(5,6)7)18(10(8-25-16)12(20)21)13(22)23-14(2,3)4/h9-10H,8,17H2,1-7H3,(H,20,21)/t9-,10?,16?/m0/s1. The normalized spacial score (nSPS) is 25.6. The third-order valence-corrected chi connectivity index (χ3v) is 4.47. The van der Waals surface area contributed by atoms with Crippen LogP contribution in [0.3, 0.4) is 0 Å². The van der Waals surface area contributed by atoms with Gasteiger partial charge in [-0.05, 0) is 48.5 Å². The lowest BCUT2D eigenvalue weighted by Gasteiger charge is -2.42. The average Bonchev–Trinajstić information content (AvgIpc) is 2.73. The Kier molecular flexibility index (Phi) is 6.19. The van der Waals surface area contributed by atoms with Crippen LogP contribution < -0.4 is 5.73 Å². The molecule has 1 heterocycles. The number of carbonyl (C=O) groups is 3. The van der Waals surface area contributed by atoms with Crippen molar-refractivity contribution in [3.05, 3.63) is 0 Å². The molecule has 3 atom stereocenters. The highest BCUT2D eigenvalue weighted by molar-refractivity contribution is 8.01. The first-order chi connectivity index (χ1) is 11.1. The van der Waals surface area contributed by atoms with Crippen LogP contribution in [0.5, 0.6) is 0 Å². The molecule has 1 amide bonds. The van der Waals surface area contributed by atoms with E-state index in [1.807, 2.05) is 0 Å². The van der Waals surface area contributed by atoms with Crippen LogP contribution in [0.2, 0.25) is 0 Å². The molecule has 0 aliphatic carbocycles. The monoisotopic (exact) mass is 376 g/mol. The number of ketones is 1. The number of Topliss-reactive ketones (excluding diaryl/α,β-unsaturated/α-hetero) is 1. The van der Waals surface area contributed by atoms with Crippen molar-refractivity contribution >= 4 is 29.6 Å². The van der Waals surface area contributed by atoms with Gasteiger partial charge in [-0.15, -0.1) is 0 Å². The molecule has 3 N–H and O–H groups in total. The van der Waals surface area contributed by atoms with E-state index in [2.05, 4.69) is 0 Å². The van der Waals surface area contributed by atoms with Crippen LogP contribution in [-0.2, 0) is 19.1 Å². The molecule has 1 saturated heterocycles. The number of aliphatic carboxylic acids is 1. The second kappa shape index (κ2) is 7.13. The predicted octanol–water partition coefficient (Wildman–Crippen LogP) is 1.81. The minimum Gasteiger partial charge on any atom is -0.480 e. The van der Waals surface area contributed by atoms with Gasteiger partial charge in [0.15, 0.2) is 0 Å². The van der Waals surface area contributed by atoms with E-state index in [9.17, 15) is 19.5 Å². The number of rotatable bonds is 4. The van der Waals surface area contributed by atoms with Crippen molar-refractivity contribution in [1.29, 1.82) is 0 Å². The Labute approximate surface area is 152 Å². The Balaban J connectivity index is 3.46. The summed E-state index contributed by atoms with van der Waals surface area (Å²) >= 11 is 0.944. The fourth-order valence-corrected chi connectivity index (χ4v) is 3.96. The van der Waals surface area contributed by atoms with Crippen LogP contribution in [0, 0.1) is 0 Å². The number of thioether (sulfide) groups is 1. The van der Waals surface area contributed by atoms with E-state index >= 15 is 0 Å². The SMILES string of the molecule is C[C@H](N)C(=O)C1(OC(C)(C)C)SCC(C(=O)O)N1C(=O)OC(C)(C)C. The zero-order valence-corrected chi connectivity index (χ0v) is 16.6. The molecule has 9 heteroatoms. The highest BCUT2D eigenvalue weighted by Crippen LogP contribution is 2.45. The number of nitrogens with zero attached hydrogens (tertiary/aromatic N) is 1. The average molecular weight is 376 g/mol. The summed E-state index contributed by atoms with van der Waals surface area (Å²) in [5.41, 5.74) is 4.07. The maximum absolute atomic E-state index is 12.9. The van der Waals surface area contributed by atoms with Gasteiger partial charge < -0.3 is 20.3 Å². The van der Waals surface area contributed by atoms with Gasteiger partial charge in [0.2, 0.25) is 5.78 Å². The maximum Gasteiger partial charge on any atom is 0.414 e. The Morgan fingerprint density at radius 3 is 2.08 bits per heavy atom. The number of hydrogen-bond acceptors (Lipinski definition) is 7. The fraction of sp³-hybridized carbons (Fsp3) is 0.812. The first-order valence-corrected chi connectivity index (χ1v) is 8.98. The van der Waals surface area contributed by atoms with E-state index in [-0.39, 0.29) is 5.75 Å². The number of carboxylic acids is 1. The van der Waals surface area contributed by atoms with E-state index in [1.54, 1.807) is 41.5 Å². The molecule has 1 aliphatic heterocycles. The molecule has 0 radical (unpaired) electrons. The van der Waals surface area contributed by atoms with E-state index in [4.69, 9.17) is 15.2 Å². The van der Waals surface area contributed by atoms with Crippen LogP contribution in [0.1, 0.15) is 48.5 Å². The summed E-state index contributed by atoms with van der Waals surface area (Å²) in [5, 5.41) is 7.67. The molecule has 1 rings (SSSR count). The van der Waals surface area contributed by atoms with Crippen LogP contribution in [0.4, 0.5) is 4.79 Å². The van der Waals surface area contributed by atoms with E-state index in [0.29, 0.717) is 0 Å². The number of amides is 1. The van der Waals surface area contributed by atoms with Crippen molar-refractivity contribution in [1.82, 2.24) is 4.90 Å². The number of carbonyl (C=O) groups excluding carboxylic acids is 2. The Hall–Kier alpha value is -1.32. The molecule has 0 aromatic carbocycles. The molecule has 1 aliphatic rings. The third-order valence-electron chi connectivity index (χ3n) is 3.11. The molecular formula is C16H28N2O6S. The molecule has 8 nitrogen and oxygen atoms in total. The van der Waals surface area contributed by atoms with Crippen molar-refractivity contribution in [3.8, 4) is 0 Å². The van der Waals surface area contributed by atoms with Crippen molar-refractivity contribution in [2.75, 3.05) is 5.75 Å². The maximum atomic E-state index is 12.9. The number of ether oxygens (including phenoxy) is 2. The molecule has 144 valence electrons. The van der Waals surface area contributed by atoms with Crippen molar-refractivity contribution in [2.24, 2.45) is 5.73 Å². The molecule has 0 aromatic heterocycles. The first kappa shape index (κ1) is 21.7. The fourth-order valence-electron chi connectivity index (χ4n) is 2.30. The van der Waals surface area contributed by atoms with Gasteiger partial charge in [-0.1, -0.05) is 11.8 Å². The smallest absolute Gasteiger partial charge is 0.414 e. The van der Waals surface area contributed by atoms with Crippen LogP contribution in [0.25, 0.3) is 0 Å². The number of carboxylic acid groups (broad SMARTS) is 1. The number of hydrogen-bond donors (Lipinski definition) is 2. The molecule has 0 saturated carbocycles. The van der Waals surface area contributed by atoms with Crippen molar-refractivity contribution < 1.29 is 29.0 Å². The van der Waals surface area contributed by atoms with Gasteiger partial charge in [0, 0.05) is 5.75 Å². The second-order valence-corrected chi connectivity index (χ2v) is 9.14. The van der Waals surface area contributed by atoms with Gasteiger partial charge in [-0.3, -0.25) is 4.79 Å². The van der Waals surface area contributed by atoms with Crippen molar-refractivity contribution in [2.45, 2.75) is 76.8 Å². The van der Waals surface area contributed by atoms with E-state index < -0.39 is 46.2 Å². The molecule has 25 heavy (non-hydrogen) atoms. The van der Waals surface area contributed by atoms with Crippen LogP contribution in [0.15, 0.2) is 0 Å². The molecule has 0 spiro atoms. The van der Waals surface area contributed by atoms with E-state index in [0.717, 1.165) is 16.7 Å². The van der Waals surface area contributed by atoms with Gasteiger partial charge in [0.05, 0.1) is 11.6 Å². The molecule has 0 bridgehead atoms.